The minimum absolute atomic E-state index is 0.136. The first kappa shape index (κ1) is 12.7. The smallest absolute Gasteiger partial charge is 0.0606 e. The quantitative estimate of drug-likeness (QED) is 0.668. The molecule has 0 amide bonds. The lowest BCUT2D eigenvalue weighted by Gasteiger charge is -2.22. The molecule has 1 heterocycles. The van der Waals surface area contributed by atoms with Crippen LogP contribution in [0.5, 0.6) is 0 Å². The van der Waals surface area contributed by atoms with Crippen molar-refractivity contribution < 1.29 is 5.11 Å². The molecule has 16 heavy (non-hydrogen) atoms. The third kappa shape index (κ3) is 3.64. The molecular formula is C12H19N3O. The maximum atomic E-state index is 8.99. The van der Waals surface area contributed by atoms with Gasteiger partial charge >= 0.3 is 0 Å². The van der Waals surface area contributed by atoms with Gasteiger partial charge in [-0.25, -0.2) is 0 Å². The molecule has 1 rings (SSSR count). The van der Waals surface area contributed by atoms with Gasteiger partial charge in [0.15, 0.2) is 0 Å². The largest absolute Gasteiger partial charge is 0.395 e. The van der Waals surface area contributed by atoms with Crippen LogP contribution >= 0.6 is 0 Å². The Hall–Kier alpha value is -1.39. The third-order valence-electron chi connectivity index (χ3n) is 2.24. The van der Waals surface area contributed by atoms with Crippen molar-refractivity contribution >= 4 is 5.69 Å². The average molecular weight is 221 g/mol. The first-order chi connectivity index (χ1) is 7.81. The zero-order valence-electron chi connectivity index (χ0n) is 9.69. The molecule has 0 saturated carbocycles. The average Bonchev–Trinajstić information content (AvgIpc) is 2.30. The summed E-state index contributed by atoms with van der Waals surface area (Å²) in [6, 6.07) is 3.97. The Balaban J connectivity index is 2.81. The zero-order valence-corrected chi connectivity index (χ0v) is 9.69. The van der Waals surface area contributed by atoms with Gasteiger partial charge in [0.1, 0.15) is 0 Å². The highest BCUT2D eigenvalue weighted by Gasteiger charge is 2.04. The van der Waals surface area contributed by atoms with E-state index in [1.165, 1.54) is 0 Å². The topological polar surface area (TPSA) is 48.4 Å². The SMILES string of the molecule is C=CCN(CCO)c1ccnc(CNC)c1. The molecule has 4 heteroatoms. The molecule has 0 bridgehead atoms. The van der Waals surface area contributed by atoms with Gasteiger partial charge in [-0.15, -0.1) is 6.58 Å². The Morgan fingerprint density at radius 1 is 1.62 bits per heavy atom. The minimum Gasteiger partial charge on any atom is -0.395 e. The summed E-state index contributed by atoms with van der Waals surface area (Å²) in [6.07, 6.45) is 3.61. The Morgan fingerprint density at radius 3 is 3.06 bits per heavy atom. The lowest BCUT2D eigenvalue weighted by molar-refractivity contribution is 0.303. The van der Waals surface area contributed by atoms with Crippen LogP contribution in [0.15, 0.2) is 31.0 Å². The number of nitrogens with one attached hydrogen (secondary N) is 1. The van der Waals surface area contributed by atoms with Crippen LogP contribution in [0, 0.1) is 0 Å². The Morgan fingerprint density at radius 2 is 2.44 bits per heavy atom. The van der Waals surface area contributed by atoms with Crippen molar-refractivity contribution in [1.82, 2.24) is 10.3 Å². The van der Waals surface area contributed by atoms with E-state index in [4.69, 9.17) is 5.11 Å². The molecule has 0 spiro atoms. The van der Waals surface area contributed by atoms with Crippen LogP contribution in [0.4, 0.5) is 5.69 Å². The number of aliphatic hydroxyl groups excluding tert-OH is 1. The van der Waals surface area contributed by atoms with E-state index < -0.39 is 0 Å². The molecule has 0 saturated heterocycles. The molecule has 1 aromatic rings. The lowest BCUT2D eigenvalue weighted by atomic mass is 10.2. The van der Waals surface area contributed by atoms with E-state index >= 15 is 0 Å². The predicted octanol–water partition coefficient (Wildman–Crippen LogP) is 0.786. The van der Waals surface area contributed by atoms with Crippen molar-refractivity contribution in [3.63, 3.8) is 0 Å². The number of anilines is 1. The molecule has 88 valence electrons. The molecule has 0 aliphatic carbocycles. The monoisotopic (exact) mass is 221 g/mol. The van der Waals surface area contributed by atoms with Crippen molar-refractivity contribution in [1.29, 1.82) is 0 Å². The van der Waals surface area contributed by atoms with Crippen molar-refractivity contribution in [2.45, 2.75) is 6.54 Å². The lowest BCUT2D eigenvalue weighted by Crippen LogP contribution is -2.26. The van der Waals surface area contributed by atoms with Gasteiger partial charge in [0, 0.05) is 31.5 Å². The number of aliphatic hydroxyl groups is 1. The number of aromatic nitrogens is 1. The van der Waals surface area contributed by atoms with Crippen molar-refractivity contribution in [3.8, 4) is 0 Å². The van der Waals surface area contributed by atoms with E-state index in [0.717, 1.165) is 24.5 Å². The van der Waals surface area contributed by atoms with Gasteiger partial charge < -0.3 is 15.3 Å². The second kappa shape index (κ2) is 6.98. The van der Waals surface area contributed by atoms with Gasteiger partial charge in [-0.05, 0) is 19.2 Å². The molecular weight excluding hydrogens is 202 g/mol. The highest BCUT2D eigenvalue weighted by Crippen LogP contribution is 2.14. The molecule has 2 N–H and O–H groups in total. The van der Waals surface area contributed by atoms with Gasteiger partial charge in [-0.3, -0.25) is 4.98 Å². The second-order valence-corrected chi connectivity index (χ2v) is 3.49. The number of hydrogen-bond acceptors (Lipinski definition) is 4. The third-order valence-corrected chi connectivity index (χ3v) is 2.24. The van der Waals surface area contributed by atoms with Crippen LogP contribution in [0.25, 0.3) is 0 Å². The molecule has 0 unspecified atom stereocenters. The van der Waals surface area contributed by atoms with Gasteiger partial charge in [0.05, 0.1) is 12.3 Å². The molecule has 1 aromatic heterocycles. The Kier molecular flexibility index (Phi) is 5.53. The Bertz CT molecular complexity index is 328. The summed E-state index contributed by atoms with van der Waals surface area (Å²) in [5, 5.41) is 12.1. The fourth-order valence-corrected chi connectivity index (χ4v) is 1.54. The summed E-state index contributed by atoms with van der Waals surface area (Å²) in [7, 11) is 1.89. The van der Waals surface area contributed by atoms with Crippen molar-refractivity contribution in [2.75, 3.05) is 31.6 Å². The minimum atomic E-state index is 0.136. The van der Waals surface area contributed by atoms with Gasteiger partial charge in [0.25, 0.3) is 0 Å². The van der Waals surface area contributed by atoms with Crippen LogP contribution in [0.3, 0.4) is 0 Å². The maximum Gasteiger partial charge on any atom is 0.0606 e. The highest BCUT2D eigenvalue weighted by atomic mass is 16.3. The molecule has 0 fully saturated rings. The van der Waals surface area contributed by atoms with Crippen LogP contribution in [0.1, 0.15) is 5.69 Å². The summed E-state index contributed by atoms with van der Waals surface area (Å²) in [6.45, 7) is 5.93. The molecule has 0 aliphatic heterocycles. The summed E-state index contributed by atoms with van der Waals surface area (Å²) >= 11 is 0. The Labute approximate surface area is 96.6 Å². The van der Waals surface area contributed by atoms with E-state index in [-0.39, 0.29) is 6.61 Å². The van der Waals surface area contributed by atoms with Crippen molar-refractivity contribution in [3.05, 3.63) is 36.7 Å². The van der Waals surface area contributed by atoms with Crippen LogP contribution in [-0.4, -0.2) is 36.8 Å². The first-order valence-corrected chi connectivity index (χ1v) is 5.38. The summed E-state index contributed by atoms with van der Waals surface area (Å²) in [5.41, 5.74) is 2.06. The number of nitrogens with zero attached hydrogens (tertiary/aromatic N) is 2. The molecule has 4 nitrogen and oxygen atoms in total. The van der Waals surface area contributed by atoms with E-state index in [0.29, 0.717) is 6.54 Å². The molecule has 0 aliphatic rings. The molecule has 0 atom stereocenters. The highest BCUT2D eigenvalue weighted by molar-refractivity contribution is 5.47. The summed E-state index contributed by atoms with van der Waals surface area (Å²) in [4.78, 5) is 6.32. The summed E-state index contributed by atoms with van der Waals surface area (Å²) in [5.74, 6) is 0. The molecule has 0 radical (unpaired) electrons. The predicted molar refractivity (Wildman–Crippen MR) is 66.5 cm³/mol. The maximum absolute atomic E-state index is 8.99. The van der Waals surface area contributed by atoms with E-state index in [9.17, 15) is 0 Å². The fraction of sp³-hybridized carbons (Fsp3) is 0.417. The van der Waals surface area contributed by atoms with E-state index in [2.05, 4.69) is 21.8 Å². The van der Waals surface area contributed by atoms with Crippen LogP contribution in [-0.2, 0) is 6.54 Å². The standard InChI is InChI=1S/C12H19N3O/c1-3-6-15(7-8-16)12-4-5-14-11(9-12)10-13-2/h3-5,9,13,16H,1,6-8,10H2,2H3. The normalized spacial score (nSPS) is 10.1. The summed E-state index contributed by atoms with van der Waals surface area (Å²) < 4.78 is 0. The van der Waals surface area contributed by atoms with Crippen LogP contribution in [0.2, 0.25) is 0 Å². The fourth-order valence-electron chi connectivity index (χ4n) is 1.54. The van der Waals surface area contributed by atoms with E-state index in [1.54, 1.807) is 6.20 Å². The van der Waals surface area contributed by atoms with E-state index in [1.807, 2.05) is 25.3 Å². The van der Waals surface area contributed by atoms with Gasteiger partial charge in [-0.1, -0.05) is 6.08 Å². The van der Waals surface area contributed by atoms with Crippen molar-refractivity contribution in [2.24, 2.45) is 0 Å². The van der Waals surface area contributed by atoms with Gasteiger partial charge in [-0.2, -0.15) is 0 Å². The van der Waals surface area contributed by atoms with Gasteiger partial charge in [0.2, 0.25) is 0 Å². The second-order valence-electron chi connectivity index (χ2n) is 3.49. The first-order valence-electron chi connectivity index (χ1n) is 5.38. The van der Waals surface area contributed by atoms with Crippen LogP contribution < -0.4 is 10.2 Å². The zero-order chi connectivity index (χ0) is 11.8. The molecule has 0 aromatic carbocycles. The number of rotatable bonds is 7. The number of pyridine rings is 1. The number of hydrogen-bond donors (Lipinski definition) is 2.